The third-order valence-corrected chi connectivity index (χ3v) is 6.65. The van der Waals surface area contributed by atoms with E-state index in [1.54, 1.807) is 43.9 Å². The molecular weight excluding hydrogens is 513 g/mol. The zero-order valence-electron chi connectivity index (χ0n) is 22.0. The van der Waals surface area contributed by atoms with Gasteiger partial charge < -0.3 is 25.3 Å². The lowest BCUT2D eigenvalue weighted by Crippen LogP contribution is -2.47. The Balaban J connectivity index is 1.40. The number of benzene rings is 1. The van der Waals surface area contributed by atoms with Crippen LogP contribution in [0.15, 0.2) is 30.6 Å². The number of H-pyrrole nitrogens is 1. The minimum atomic E-state index is -4.67. The normalized spacial score (nSPS) is 18.2. The van der Waals surface area contributed by atoms with Crippen molar-refractivity contribution in [1.82, 2.24) is 19.9 Å². The number of amides is 2. The molecule has 2 aliphatic rings. The van der Waals surface area contributed by atoms with Gasteiger partial charge in [-0.15, -0.1) is 0 Å². The summed E-state index contributed by atoms with van der Waals surface area (Å²) in [5.41, 5.74) is -0.450. The SMILES string of the molecule is CC(C)(C)OC(=O)N1CCC[C@H](Nc2ncc(C(F)(F)F)c(-c3c[nH]c4cc(NC(=O)C5CC5)ccc34)n2)C1. The van der Waals surface area contributed by atoms with Crippen molar-refractivity contribution in [3.63, 3.8) is 0 Å². The summed E-state index contributed by atoms with van der Waals surface area (Å²) in [6.45, 7) is 6.22. The number of likely N-dealkylation sites (tertiary alicyclic amines) is 1. The molecule has 2 amide bonds. The Morgan fingerprint density at radius 3 is 2.62 bits per heavy atom. The van der Waals surface area contributed by atoms with Gasteiger partial charge in [0.2, 0.25) is 11.9 Å². The number of carbonyl (C=O) groups is 2. The molecule has 1 aliphatic carbocycles. The van der Waals surface area contributed by atoms with Gasteiger partial charge in [0.15, 0.2) is 0 Å². The zero-order valence-corrected chi connectivity index (χ0v) is 22.0. The molecule has 3 heterocycles. The van der Waals surface area contributed by atoms with Crippen LogP contribution in [0.3, 0.4) is 0 Å². The minimum absolute atomic E-state index is 0.0292. The summed E-state index contributed by atoms with van der Waals surface area (Å²) in [5, 5.41) is 6.49. The lowest BCUT2D eigenvalue weighted by Gasteiger charge is -2.34. The van der Waals surface area contributed by atoms with E-state index in [2.05, 4.69) is 25.6 Å². The summed E-state index contributed by atoms with van der Waals surface area (Å²) in [6, 6.07) is 4.77. The van der Waals surface area contributed by atoms with E-state index in [1.165, 1.54) is 6.20 Å². The van der Waals surface area contributed by atoms with Crippen LogP contribution in [0.1, 0.15) is 52.0 Å². The highest BCUT2D eigenvalue weighted by molar-refractivity contribution is 6.00. The molecule has 1 atom stereocenters. The second-order valence-corrected chi connectivity index (χ2v) is 11.1. The fourth-order valence-electron chi connectivity index (χ4n) is 4.62. The second-order valence-electron chi connectivity index (χ2n) is 11.1. The molecule has 1 saturated carbocycles. The molecule has 5 rings (SSSR count). The van der Waals surface area contributed by atoms with Gasteiger partial charge in [0, 0.05) is 59.6 Å². The van der Waals surface area contributed by atoms with Gasteiger partial charge in [-0.05, 0) is 58.6 Å². The number of aromatic amines is 1. The quantitative estimate of drug-likeness (QED) is 0.374. The molecule has 1 saturated heterocycles. The topological polar surface area (TPSA) is 112 Å². The lowest BCUT2D eigenvalue weighted by atomic mass is 10.0. The predicted molar refractivity (Wildman–Crippen MR) is 140 cm³/mol. The summed E-state index contributed by atoms with van der Waals surface area (Å²) in [6.07, 6.45) is 0.276. The number of nitrogens with one attached hydrogen (secondary N) is 3. The predicted octanol–water partition coefficient (Wildman–Crippen LogP) is 5.80. The Bertz CT molecular complexity index is 1390. The van der Waals surface area contributed by atoms with Crippen LogP contribution < -0.4 is 10.6 Å². The van der Waals surface area contributed by atoms with Crippen LogP contribution in [0, 0.1) is 5.92 Å². The summed E-state index contributed by atoms with van der Waals surface area (Å²) in [5.74, 6) is 0.0122. The molecule has 0 spiro atoms. The van der Waals surface area contributed by atoms with Gasteiger partial charge in [0.05, 0.1) is 5.69 Å². The zero-order chi connectivity index (χ0) is 27.9. The van der Waals surface area contributed by atoms with E-state index < -0.39 is 23.4 Å². The number of carbonyl (C=O) groups excluding carboxylic acids is 2. The van der Waals surface area contributed by atoms with Crippen LogP contribution in [0.2, 0.25) is 0 Å². The molecule has 9 nitrogen and oxygen atoms in total. The number of hydrogen-bond acceptors (Lipinski definition) is 6. The maximum absolute atomic E-state index is 14.0. The Labute approximate surface area is 223 Å². The van der Waals surface area contributed by atoms with E-state index in [9.17, 15) is 22.8 Å². The number of ether oxygens (including phenoxy) is 1. The van der Waals surface area contributed by atoms with E-state index >= 15 is 0 Å². The van der Waals surface area contributed by atoms with E-state index in [0.717, 1.165) is 19.0 Å². The van der Waals surface area contributed by atoms with Gasteiger partial charge in [-0.3, -0.25) is 4.79 Å². The van der Waals surface area contributed by atoms with Crippen molar-refractivity contribution in [1.29, 1.82) is 0 Å². The van der Waals surface area contributed by atoms with Gasteiger partial charge >= 0.3 is 12.3 Å². The second kappa shape index (κ2) is 10.0. The Kier molecular flexibility index (Phi) is 6.90. The average molecular weight is 545 g/mol. The number of halogens is 3. The van der Waals surface area contributed by atoms with Crippen LogP contribution in [0.5, 0.6) is 0 Å². The Morgan fingerprint density at radius 1 is 1.15 bits per heavy atom. The Hall–Kier alpha value is -3.83. The fraction of sp³-hybridized carbons (Fsp3) is 0.481. The molecule has 39 heavy (non-hydrogen) atoms. The fourth-order valence-corrected chi connectivity index (χ4v) is 4.62. The number of rotatable bonds is 5. The highest BCUT2D eigenvalue weighted by Gasteiger charge is 2.37. The first-order valence-electron chi connectivity index (χ1n) is 13.0. The summed E-state index contributed by atoms with van der Waals surface area (Å²) < 4.78 is 47.4. The first-order chi connectivity index (χ1) is 18.4. The molecule has 3 N–H and O–H groups in total. The molecule has 12 heteroatoms. The van der Waals surface area contributed by atoms with Crippen LogP contribution in [-0.2, 0) is 15.7 Å². The minimum Gasteiger partial charge on any atom is -0.444 e. The average Bonchev–Trinajstić information content (AvgIpc) is 3.62. The molecule has 0 unspecified atom stereocenters. The summed E-state index contributed by atoms with van der Waals surface area (Å²) >= 11 is 0. The summed E-state index contributed by atoms with van der Waals surface area (Å²) in [4.78, 5) is 37.5. The number of anilines is 2. The number of hydrogen-bond donors (Lipinski definition) is 3. The summed E-state index contributed by atoms with van der Waals surface area (Å²) in [7, 11) is 0. The van der Waals surface area contributed by atoms with Gasteiger partial charge in [-0.1, -0.05) is 6.07 Å². The molecular formula is C27H31F3N6O3. The van der Waals surface area contributed by atoms with E-state index in [-0.39, 0.29) is 35.1 Å². The van der Waals surface area contributed by atoms with Gasteiger partial charge in [-0.25, -0.2) is 14.8 Å². The van der Waals surface area contributed by atoms with Crippen molar-refractivity contribution in [3.8, 4) is 11.3 Å². The van der Waals surface area contributed by atoms with Gasteiger partial charge in [-0.2, -0.15) is 13.2 Å². The monoisotopic (exact) mass is 544 g/mol. The first kappa shape index (κ1) is 26.8. The van der Waals surface area contributed by atoms with Crippen molar-refractivity contribution in [2.45, 2.75) is 64.3 Å². The number of piperidine rings is 1. The van der Waals surface area contributed by atoms with E-state index in [4.69, 9.17) is 4.74 Å². The molecule has 208 valence electrons. The van der Waals surface area contributed by atoms with Crippen LogP contribution in [-0.4, -0.2) is 56.6 Å². The van der Waals surface area contributed by atoms with Crippen LogP contribution in [0.4, 0.5) is 29.6 Å². The molecule has 2 fully saturated rings. The maximum Gasteiger partial charge on any atom is 0.419 e. The van der Waals surface area contributed by atoms with Crippen molar-refractivity contribution in [3.05, 3.63) is 36.2 Å². The highest BCUT2D eigenvalue weighted by atomic mass is 19.4. The molecule has 0 radical (unpaired) electrons. The van der Waals surface area contributed by atoms with Crippen molar-refractivity contribution < 1.29 is 27.5 Å². The number of fused-ring (bicyclic) bond motifs is 1. The largest absolute Gasteiger partial charge is 0.444 e. The first-order valence-corrected chi connectivity index (χ1v) is 13.0. The number of nitrogens with zero attached hydrogens (tertiary/aromatic N) is 3. The third-order valence-electron chi connectivity index (χ3n) is 6.65. The molecule has 0 bridgehead atoms. The highest BCUT2D eigenvalue weighted by Crippen LogP contribution is 2.39. The van der Waals surface area contributed by atoms with Gasteiger partial charge in [0.25, 0.3) is 0 Å². The third kappa shape index (κ3) is 6.26. The van der Waals surface area contributed by atoms with Crippen molar-refractivity contribution in [2.75, 3.05) is 23.7 Å². The number of alkyl halides is 3. The lowest BCUT2D eigenvalue weighted by molar-refractivity contribution is -0.137. The molecule has 3 aromatic rings. The Morgan fingerprint density at radius 2 is 1.92 bits per heavy atom. The van der Waals surface area contributed by atoms with E-state index in [0.29, 0.717) is 42.5 Å². The standard InChI is InChI=1S/C27H31F3N6O3/c1-26(2,3)39-25(38)36-10-4-5-17(14-36)34-24-32-13-20(27(28,29)30)22(35-24)19-12-31-21-11-16(8-9-18(19)21)33-23(37)15-6-7-15/h8-9,11-13,15,17,31H,4-7,10,14H2,1-3H3,(H,33,37)(H,32,34,35)/t17-/m0/s1. The van der Waals surface area contributed by atoms with Crippen LogP contribution in [0.25, 0.3) is 22.2 Å². The molecule has 2 aromatic heterocycles. The molecule has 1 aliphatic heterocycles. The van der Waals surface area contributed by atoms with Gasteiger partial charge in [0.1, 0.15) is 11.2 Å². The van der Waals surface area contributed by atoms with Crippen molar-refractivity contribution >= 4 is 34.5 Å². The van der Waals surface area contributed by atoms with Crippen molar-refractivity contribution in [2.24, 2.45) is 5.92 Å². The smallest absolute Gasteiger partial charge is 0.419 e. The van der Waals surface area contributed by atoms with Crippen LogP contribution >= 0.6 is 0 Å². The number of aromatic nitrogens is 3. The molecule has 1 aromatic carbocycles. The maximum atomic E-state index is 14.0. The van der Waals surface area contributed by atoms with E-state index in [1.807, 2.05) is 0 Å².